The van der Waals surface area contributed by atoms with E-state index in [2.05, 4.69) is 25.9 Å². The van der Waals surface area contributed by atoms with Crippen LogP contribution in [-0.2, 0) is 6.61 Å². The molecule has 2 N–H and O–H groups in total. The van der Waals surface area contributed by atoms with Crippen LogP contribution in [0.4, 0.5) is 5.95 Å². The van der Waals surface area contributed by atoms with E-state index < -0.39 is 0 Å². The molecule has 0 saturated carbocycles. The summed E-state index contributed by atoms with van der Waals surface area (Å²) in [7, 11) is 3.33. The molecule has 1 aromatic carbocycles. The molecule has 0 aliphatic carbocycles. The molecular weight excluding hydrogens is 384 g/mol. The summed E-state index contributed by atoms with van der Waals surface area (Å²) in [5.41, 5.74) is 7.05. The normalized spacial score (nSPS) is 10.5. The molecule has 0 radical (unpaired) electrons. The third kappa shape index (κ3) is 4.11. The van der Waals surface area contributed by atoms with Crippen molar-refractivity contribution in [1.29, 1.82) is 0 Å². The summed E-state index contributed by atoms with van der Waals surface area (Å²) in [5.74, 6) is 0.496. The summed E-state index contributed by atoms with van der Waals surface area (Å²) in [4.78, 5) is 22.0. The van der Waals surface area contributed by atoms with Gasteiger partial charge in [0.25, 0.3) is 5.91 Å². The van der Waals surface area contributed by atoms with Gasteiger partial charge in [-0.15, -0.1) is 0 Å². The number of anilines is 1. The van der Waals surface area contributed by atoms with Gasteiger partial charge in [0.2, 0.25) is 5.95 Å². The van der Waals surface area contributed by atoms with Gasteiger partial charge in [-0.2, -0.15) is 0 Å². The second kappa shape index (κ2) is 7.14. The van der Waals surface area contributed by atoms with Crippen LogP contribution in [0.25, 0.3) is 0 Å². The molecule has 2 aromatic rings. The zero-order valence-corrected chi connectivity index (χ0v) is 15.3. The first-order valence-corrected chi connectivity index (χ1v) is 7.89. The lowest BCUT2D eigenvalue weighted by Gasteiger charge is -2.16. The van der Waals surface area contributed by atoms with Crippen LogP contribution in [0.3, 0.4) is 0 Å². The maximum Gasteiger partial charge on any atom is 0.257 e. The Morgan fingerprint density at radius 1 is 1.39 bits per heavy atom. The fraction of sp³-hybridized carbons (Fsp3) is 0.267. The third-order valence-corrected chi connectivity index (χ3v) is 3.92. The van der Waals surface area contributed by atoms with E-state index in [1.54, 1.807) is 39.2 Å². The average Bonchev–Trinajstić information content (AvgIpc) is 2.45. The van der Waals surface area contributed by atoms with E-state index in [4.69, 9.17) is 22.1 Å². The summed E-state index contributed by atoms with van der Waals surface area (Å²) in [6, 6.07) is 5.17. The van der Waals surface area contributed by atoms with Crippen LogP contribution in [0, 0.1) is 6.92 Å². The van der Waals surface area contributed by atoms with Crippen LogP contribution in [0.1, 0.15) is 21.7 Å². The fourth-order valence-corrected chi connectivity index (χ4v) is 2.80. The molecule has 0 spiro atoms. The molecule has 1 amide bonds. The number of benzene rings is 1. The minimum atomic E-state index is -0.198. The topological polar surface area (TPSA) is 81.3 Å². The summed E-state index contributed by atoms with van der Waals surface area (Å²) < 4.78 is 6.45. The second-order valence-electron chi connectivity index (χ2n) is 5.05. The van der Waals surface area contributed by atoms with Gasteiger partial charge in [0.15, 0.2) is 0 Å². The van der Waals surface area contributed by atoms with Crippen LogP contribution in [0.15, 0.2) is 22.7 Å². The van der Waals surface area contributed by atoms with Crippen molar-refractivity contribution >= 4 is 39.4 Å². The van der Waals surface area contributed by atoms with Gasteiger partial charge in [-0.1, -0.05) is 11.6 Å². The molecule has 0 unspecified atom stereocenters. The number of aryl methyl sites for hydroxylation is 1. The number of rotatable bonds is 4. The van der Waals surface area contributed by atoms with Gasteiger partial charge in [-0.05, 0) is 41.1 Å². The van der Waals surface area contributed by atoms with Crippen LogP contribution in [-0.4, -0.2) is 34.9 Å². The summed E-state index contributed by atoms with van der Waals surface area (Å²) in [5, 5.41) is 0.592. The molecule has 0 saturated heterocycles. The molecule has 8 heteroatoms. The van der Waals surface area contributed by atoms with Crippen molar-refractivity contribution < 1.29 is 9.53 Å². The number of carbonyl (C=O) groups excluding carboxylic acids is 1. The number of amides is 1. The van der Waals surface area contributed by atoms with Crippen molar-refractivity contribution in [2.45, 2.75) is 13.5 Å². The summed E-state index contributed by atoms with van der Waals surface area (Å²) in [6.45, 7) is 1.80. The molecule has 122 valence electrons. The minimum Gasteiger partial charge on any atom is -0.486 e. The highest BCUT2D eigenvalue weighted by Gasteiger charge is 2.20. The lowest BCUT2D eigenvalue weighted by Crippen LogP contribution is -2.26. The Morgan fingerprint density at radius 2 is 2.09 bits per heavy atom. The van der Waals surface area contributed by atoms with E-state index in [-0.39, 0.29) is 18.5 Å². The van der Waals surface area contributed by atoms with Gasteiger partial charge in [-0.3, -0.25) is 4.79 Å². The fourth-order valence-electron chi connectivity index (χ4n) is 2.00. The Hall–Kier alpha value is -1.86. The van der Waals surface area contributed by atoms with Crippen molar-refractivity contribution in [2.75, 3.05) is 19.8 Å². The molecule has 0 aliphatic heterocycles. The predicted molar refractivity (Wildman–Crippen MR) is 92.7 cm³/mol. The number of hydrogen-bond donors (Lipinski definition) is 1. The van der Waals surface area contributed by atoms with Crippen molar-refractivity contribution in [3.8, 4) is 5.75 Å². The van der Waals surface area contributed by atoms with Crippen molar-refractivity contribution in [3.63, 3.8) is 0 Å². The van der Waals surface area contributed by atoms with E-state index in [1.165, 1.54) is 4.90 Å². The number of nitrogen functional groups attached to an aromatic ring is 1. The Bertz CT molecular complexity index is 752. The molecule has 0 aliphatic rings. The SMILES string of the molecule is Cc1nc(N)nc(COc2ccc(Cl)cc2Br)c1C(=O)N(C)C. The van der Waals surface area contributed by atoms with Gasteiger partial charge >= 0.3 is 0 Å². The van der Waals surface area contributed by atoms with Crippen LogP contribution in [0.5, 0.6) is 5.75 Å². The summed E-state index contributed by atoms with van der Waals surface area (Å²) in [6.07, 6.45) is 0. The standard InChI is InChI=1S/C15H16BrClN4O2/c1-8-13(14(22)21(2)3)11(20-15(18)19-8)7-23-12-5-4-9(17)6-10(12)16/h4-6H,7H2,1-3H3,(H2,18,19,20). The van der Waals surface area contributed by atoms with Crippen LogP contribution in [0.2, 0.25) is 5.02 Å². The minimum absolute atomic E-state index is 0.0860. The molecular formula is C15H16BrClN4O2. The first-order chi connectivity index (χ1) is 10.8. The molecule has 1 heterocycles. The zero-order valence-electron chi connectivity index (χ0n) is 12.9. The van der Waals surface area contributed by atoms with E-state index in [9.17, 15) is 4.79 Å². The lowest BCUT2D eigenvalue weighted by atomic mass is 10.1. The van der Waals surface area contributed by atoms with E-state index in [0.29, 0.717) is 32.2 Å². The molecule has 0 atom stereocenters. The molecule has 23 heavy (non-hydrogen) atoms. The van der Waals surface area contributed by atoms with Gasteiger partial charge in [0.05, 0.1) is 21.4 Å². The molecule has 0 fully saturated rings. The number of hydrogen-bond acceptors (Lipinski definition) is 5. The monoisotopic (exact) mass is 398 g/mol. The Balaban J connectivity index is 2.33. The number of carbonyl (C=O) groups is 1. The summed E-state index contributed by atoms with van der Waals surface area (Å²) >= 11 is 9.28. The van der Waals surface area contributed by atoms with E-state index in [1.807, 2.05) is 0 Å². The van der Waals surface area contributed by atoms with Gasteiger partial charge < -0.3 is 15.4 Å². The smallest absolute Gasteiger partial charge is 0.257 e. The van der Waals surface area contributed by atoms with E-state index in [0.717, 1.165) is 0 Å². The maximum atomic E-state index is 12.3. The average molecular weight is 400 g/mol. The van der Waals surface area contributed by atoms with E-state index >= 15 is 0 Å². The largest absolute Gasteiger partial charge is 0.486 e. The highest BCUT2D eigenvalue weighted by atomic mass is 79.9. The van der Waals surface area contributed by atoms with Crippen molar-refractivity contribution in [2.24, 2.45) is 0 Å². The Morgan fingerprint density at radius 3 is 2.70 bits per heavy atom. The molecule has 2 rings (SSSR count). The Labute approximate surface area is 147 Å². The van der Waals surface area contributed by atoms with Crippen molar-refractivity contribution in [3.05, 3.63) is 44.6 Å². The number of ether oxygens (including phenoxy) is 1. The second-order valence-corrected chi connectivity index (χ2v) is 6.34. The maximum absolute atomic E-state index is 12.3. The number of nitrogens with two attached hydrogens (primary N) is 1. The predicted octanol–water partition coefficient (Wildman–Crippen LogP) is 3.06. The first-order valence-electron chi connectivity index (χ1n) is 6.72. The number of halogens is 2. The Kier molecular flexibility index (Phi) is 5.43. The number of nitrogens with zero attached hydrogens (tertiary/aromatic N) is 3. The molecule has 0 bridgehead atoms. The highest BCUT2D eigenvalue weighted by molar-refractivity contribution is 9.10. The van der Waals surface area contributed by atoms with Gasteiger partial charge in [0.1, 0.15) is 12.4 Å². The van der Waals surface area contributed by atoms with Crippen LogP contribution >= 0.6 is 27.5 Å². The van der Waals surface area contributed by atoms with Crippen LogP contribution < -0.4 is 10.5 Å². The molecule has 1 aromatic heterocycles. The quantitative estimate of drug-likeness (QED) is 0.854. The highest BCUT2D eigenvalue weighted by Crippen LogP contribution is 2.29. The first kappa shape index (κ1) is 17.5. The lowest BCUT2D eigenvalue weighted by molar-refractivity contribution is 0.0823. The molecule has 6 nitrogen and oxygen atoms in total. The number of aromatic nitrogens is 2. The van der Waals surface area contributed by atoms with Gasteiger partial charge in [0, 0.05) is 19.1 Å². The zero-order chi connectivity index (χ0) is 17.1. The van der Waals surface area contributed by atoms with Gasteiger partial charge in [-0.25, -0.2) is 9.97 Å². The third-order valence-electron chi connectivity index (χ3n) is 3.06. The van der Waals surface area contributed by atoms with Crippen molar-refractivity contribution in [1.82, 2.24) is 14.9 Å².